The average molecular weight is 474 g/mol. The molecule has 35 heavy (non-hydrogen) atoms. The second-order valence-corrected chi connectivity index (χ2v) is 9.03. The highest BCUT2D eigenvalue weighted by Gasteiger charge is 2.42. The fourth-order valence-electron chi connectivity index (χ4n) is 5.70. The fourth-order valence-corrected chi connectivity index (χ4v) is 5.70. The molecule has 0 bridgehead atoms. The van der Waals surface area contributed by atoms with Crippen molar-refractivity contribution in [3.05, 3.63) is 71.0 Å². The molecule has 0 aliphatic carbocycles. The molecule has 1 amide bonds. The Morgan fingerprint density at radius 1 is 1.09 bits per heavy atom. The van der Waals surface area contributed by atoms with Crippen LogP contribution in [0.5, 0.6) is 23.0 Å². The Labute approximate surface area is 203 Å². The van der Waals surface area contributed by atoms with E-state index in [9.17, 15) is 4.79 Å². The molecule has 3 aromatic rings. The van der Waals surface area contributed by atoms with Gasteiger partial charge in [-0.25, -0.2) is 0 Å². The maximum Gasteiger partial charge on any atom is 0.231 e. The van der Waals surface area contributed by atoms with Gasteiger partial charge < -0.3 is 24.3 Å². The summed E-state index contributed by atoms with van der Waals surface area (Å²) in [5.41, 5.74) is 5.37. The highest BCUT2D eigenvalue weighted by Crippen LogP contribution is 2.52. The van der Waals surface area contributed by atoms with Crippen LogP contribution in [0.1, 0.15) is 40.6 Å². The summed E-state index contributed by atoms with van der Waals surface area (Å²) in [7, 11) is 3.32. The van der Waals surface area contributed by atoms with Gasteiger partial charge in [0.2, 0.25) is 12.7 Å². The minimum atomic E-state index is -0.0835. The Bertz CT molecular complexity index is 1280. The summed E-state index contributed by atoms with van der Waals surface area (Å²) < 4.78 is 22.7. The highest BCUT2D eigenvalue weighted by atomic mass is 16.7. The number of benzene rings is 2. The van der Waals surface area contributed by atoms with Crippen LogP contribution in [-0.4, -0.2) is 43.3 Å². The first-order valence-electron chi connectivity index (χ1n) is 11.8. The number of fused-ring (bicyclic) bond motifs is 5. The molecule has 1 aromatic heterocycles. The third-order valence-electron chi connectivity index (χ3n) is 7.21. The van der Waals surface area contributed by atoms with Gasteiger partial charge in [0, 0.05) is 55.1 Å². The maximum atomic E-state index is 13.3. The van der Waals surface area contributed by atoms with Gasteiger partial charge >= 0.3 is 0 Å². The van der Waals surface area contributed by atoms with Crippen molar-refractivity contribution in [1.82, 2.24) is 9.88 Å². The van der Waals surface area contributed by atoms with Gasteiger partial charge in [0.25, 0.3) is 0 Å². The second-order valence-electron chi connectivity index (χ2n) is 9.03. The number of carbonyl (C=O) groups is 1. The summed E-state index contributed by atoms with van der Waals surface area (Å²) in [6.45, 7) is 1.83. The SMILES string of the molecule is COc1ccc2c(c1OC)CN1CCc3cc4c(cc3C1C2CC(=O)Nc1ccncc1)OCO4. The lowest BCUT2D eigenvalue weighted by Crippen LogP contribution is -2.42. The Hall–Kier alpha value is -3.78. The molecule has 8 nitrogen and oxygen atoms in total. The second kappa shape index (κ2) is 8.78. The van der Waals surface area contributed by atoms with E-state index in [0.29, 0.717) is 12.2 Å². The molecular formula is C27H27N3O5. The number of aromatic nitrogens is 1. The number of carbonyl (C=O) groups excluding carboxylic acids is 1. The van der Waals surface area contributed by atoms with Crippen molar-refractivity contribution in [3.63, 3.8) is 0 Å². The van der Waals surface area contributed by atoms with Crippen molar-refractivity contribution in [2.75, 3.05) is 32.9 Å². The zero-order valence-electron chi connectivity index (χ0n) is 19.7. The van der Waals surface area contributed by atoms with Crippen LogP contribution in [0.4, 0.5) is 5.69 Å². The molecule has 2 unspecified atom stereocenters. The minimum Gasteiger partial charge on any atom is -0.493 e. The number of amides is 1. The number of rotatable bonds is 5. The molecule has 4 heterocycles. The number of nitrogens with one attached hydrogen (secondary N) is 1. The van der Waals surface area contributed by atoms with Crippen LogP contribution in [-0.2, 0) is 17.8 Å². The lowest BCUT2D eigenvalue weighted by atomic mass is 9.74. The monoisotopic (exact) mass is 473 g/mol. The summed E-state index contributed by atoms with van der Waals surface area (Å²) in [5.74, 6) is 2.87. The van der Waals surface area contributed by atoms with E-state index in [4.69, 9.17) is 18.9 Å². The normalized spacial score (nSPS) is 19.8. The van der Waals surface area contributed by atoms with Gasteiger partial charge in [0.05, 0.1) is 14.2 Å². The van der Waals surface area contributed by atoms with E-state index in [1.54, 1.807) is 38.7 Å². The number of pyridine rings is 1. The smallest absolute Gasteiger partial charge is 0.231 e. The predicted molar refractivity (Wildman–Crippen MR) is 129 cm³/mol. The van der Waals surface area contributed by atoms with E-state index in [0.717, 1.165) is 53.6 Å². The molecule has 6 rings (SSSR count). The first-order valence-corrected chi connectivity index (χ1v) is 11.8. The van der Waals surface area contributed by atoms with Crippen LogP contribution in [0.15, 0.2) is 48.8 Å². The first kappa shape index (κ1) is 21.7. The van der Waals surface area contributed by atoms with E-state index >= 15 is 0 Å². The van der Waals surface area contributed by atoms with E-state index in [2.05, 4.69) is 33.4 Å². The lowest BCUT2D eigenvalue weighted by Gasteiger charge is -2.46. The number of hydrogen-bond acceptors (Lipinski definition) is 7. The number of methoxy groups -OCH3 is 2. The van der Waals surface area contributed by atoms with Crippen LogP contribution in [0.3, 0.4) is 0 Å². The van der Waals surface area contributed by atoms with Gasteiger partial charge in [-0.15, -0.1) is 0 Å². The Morgan fingerprint density at radius 2 is 1.89 bits per heavy atom. The number of hydrogen-bond donors (Lipinski definition) is 1. The van der Waals surface area contributed by atoms with Gasteiger partial charge in [-0.2, -0.15) is 0 Å². The maximum absolute atomic E-state index is 13.3. The topological polar surface area (TPSA) is 82.2 Å². The van der Waals surface area contributed by atoms with Crippen molar-refractivity contribution in [1.29, 1.82) is 0 Å². The molecule has 180 valence electrons. The zero-order chi connectivity index (χ0) is 23.9. The molecule has 0 fully saturated rings. The molecule has 3 aliphatic heterocycles. The number of anilines is 1. The number of ether oxygens (including phenoxy) is 4. The summed E-state index contributed by atoms with van der Waals surface area (Å²) in [4.78, 5) is 19.8. The van der Waals surface area contributed by atoms with Gasteiger partial charge in [0.15, 0.2) is 23.0 Å². The third-order valence-corrected chi connectivity index (χ3v) is 7.21. The minimum absolute atomic E-state index is 0.0297. The summed E-state index contributed by atoms with van der Waals surface area (Å²) in [6, 6.07) is 11.8. The zero-order valence-corrected chi connectivity index (χ0v) is 19.7. The highest BCUT2D eigenvalue weighted by molar-refractivity contribution is 5.91. The van der Waals surface area contributed by atoms with E-state index in [1.165, 1.54) is 11.1 Å². The molecule has 0 radical (unpaired) electrons. The fraction of sp³-hybridized carbons (Fsp3) is 0.333. The van der Waals surface area contributed by atoms with Crippen molar-refractivity contribution >= 4 is 11.6 Å². The summed E-state index contributed by atoms with van der Waals surface area (Å²) in [5, 5.41) is 3.03. The van der Waals surface area contributed by atoms with Crippen LogP contribution in [0.2, 0.25) is 0 Å². The van der Waals surface area contributed by atoms with Gasteiger partial charge in [-0.05, 0) is 53.4 Å². The molecular weight excluding hydrogens is 446 g/mol. The van der Waals surface area contributed by atoms with E-state index < -0.39 is 0 Å². The molecule has 0 saturated heterocycles. The van der Waals surface area contributed by atoms with Crippen LogP contribution < -0.4 is 24.3 Å². The molecule has 3 aliphatic rings. The van der Waals surface area contributed by atoms with Crippen molar-refractivity contribution in [2.45, 2.75) is 31.3 Å². The van der Waals surface area contributed by atoms with Crippen molar-refractivity contribution < 1.29 is 23.7 Å². The largest absolute Gasteiger partial charge is 0.493 e. The Morgan fingerprint density at radius 3 is 2.66 bits per heavy atom. The predicted octanol–water partition coefficient (Wildman–Crippen LogP) is 4.05. The molecule has 1 N–H and O–H groups in total. The quantitative estimate of drug-likeness (QED) is 0.599. The van der Waals surface area contributed by atoms with Crippen molar-refractivity contribution in [2.24, 2.45) is 0 Å². The van der Waals surface area contributed by atoms with E-state index in [1.807, 2.05) is 6.07 Å². The Kier molecular flexibility index (Phi) is 5.45. The summed E-state index contributed by atoms with van der Waals surface area (Å²) >= 11 is 0. The van der Waals surface area contributed by atoms with Gasteiger partial charge in [-0.1, -0.05) is 6.07 Å². The molecule has 8 heteroatoms. The van der Waals surface area contributed by atoms with E-state index in [-0.39, 0.29) is 24.7 Å². The molecule has 0 spiro atoms. The Balaban J connectivity index is 1.44. The van der Waals surface area contributed by atoms with Crippen molar-refractivity contribution in [3.8, 4) is 23.0 Å². The molecule has 2 atom stereocenters. The lowest BCUT2D eigenvalue weighted by molar-refractivity contribution is -0.117. The molecule has 2 aromatic carbocycles. The average Bonchev–Trinajstić information content (AvgIpc) is 3.34. The standard InChI is InChI=1S/C27H27N3O5/c1-32-22-4-3-18-20(13-25(31)29-17-5-8-28-9-6-17)26-19-12-24-23(34-15-35-24)11-16(19)7-10-30(26)14-21(18)27(22)33-2/h3-6,8-9,11-12,20,26H,7,10,13-15H2,1-2H3,(H,28,29,31). The molecule has 0 saturated carbocycles. The first-order chi connectivity index (χ1) is 17.2. The van der Waals surface area contributed by atoms with Gasteiger partial charge in [-0.3, -0.25) is 14.7 Å². The summed E-state index contributed by atoms with van der Waals surface area (Å²) in [6.07, 6.45) is 4.56. The van der Waals surface area contributed by atoms with Crippen LogP contribution in [0.25, 0.3) is 0 Å². The van der Waals surface area contributed by atoms with Crippen LogP contribution >= 0.6 is 0 Å². The van der Waals surface area contributed by atoms with Crippen LogP contribution in [0, 0.1) is 0 Å². The number of nitrogens with zero attached hydrogens (tertiary/aromatic N) is 2. The third kappa shape index (κ3) is 3.74. The van der Waals surface area contributed by atoms with Gasteiger partial charge in [0.1, 0.15) is 0 Å².